The van der Waals surface area contributed by atoms with Gasteiger partial charge < -0.3 is 9.67 Å². The van der Waals surface area contributed by atoms with Crippen molar-refractivity contribution in [2.45, 2.75) is 19.5 Å². The number of hydrogen-bond acceptors (Lipinski definition) is 3. The Morgan fingerprint density at radius 3 is 2.87 bits per heavy atom. The standard InChI is InChI=1S/C15H14BrFN4O2/c16-12-8-10(17)2-3-11(12)13-14(22)19-15(23)21(13)6-1-5-20-7-4-18-9-20/h2-4,7-9,22H,1,5-6H2,(H,19,23). The molecule has 0 radical (unpaired) electrons. The highest BCUT2D eigenvalue weighted by Gasteiger charge is 2.17. The molecule has 0 aliphatic rings. The van der Waals surface area contributed by atoms with Gasteiger partial charge in [-0.25, -0.2) is 14.2 Å². The van der Waals surface area contributed by atoms with Crippen molar-refractivity contribution in [3.63, 3.8) is 0 Å². The van der Waals surface area contributed by atoms with Gasteiger partial charge in [0.05, 0.1) is 6.33 Å². The normalized spacial score (nSPS) is 11.0. The van der Waals surface area contributed by atoms with E-state index in [4.69, 9.17) is 0 Å². The third kappa shape index (κ3) is 3.21. The van der Waals surface area contributed by atoms with E-state index in [0.717, 1.165) is 0 Å². The molecule has 8 heteroatoms. The van der Waals surface area contributed by atoms with Crippen molar-refractivity contribution in [1.82, 2.24) is 19.1 Å². The number of hydrogen-bond donors (Lipinski definition) is 2. The van der Waals surface area contributed by atoms with Gasteiger partial charge in [-0.05, 0) is 40.5 Å². The van der Waals surface area contributed by atoms with E-state index in [-0.39, 0.29) is 5.88 Å². The number of benzene rings is 1. The van der Waals surface area contributed by atoms with Crippen LogP contribution in [0.2, 0.25) is 0 Å². The van der Waals surface area contributed by atoms with Gasteiger partial charge in [0.25, 0.3) is 0 Å². The minimum Gasteiger partial charge on any atom is -0.493 e. The third-order valence-corrected chi connectivity index (χ3v) is 4.16. The molecule has 2 aromatic heterocycles. The lowest BCUT2D eigenvalue weighted by Crippen LogP contribution is -2.18. The summed E-state index contributed by atoms with van der Waals surface area (Å²) in [6.45, 7) is 1.11. The molecule has 0 bridgehead atoms. The number of nitrogens with zero attached hydrogens (tertiary/aromatic N) is 3. The number of H-pyrrole nitrogens is 1. The summed E-state index contributed by atoms with van der Waals surface area (Å²) in [6.07, 6.45) is 5.92. The zero-order valence-electron chi connectivity index (χ0n) is 12.0. The molecule has 0 aliphatic heterocycles. The van der Waals surface area contributed by atoms with Crippen LogP contribution < -0.4 is 5.69 Å². The van der Waals surface area contributed by atoms with Crippen LogP contribution in [-0.4, -0.2) is 24.2 Å². The predicted octanol–water partition coefficient (Wildman–Crippen LogP) is 2.74. The predicted molar refractivity (Wildman–Crippen MR) is 86.7 cm³/mol. The number of halogens is 2. The van der Waals surface area contributed by atoms with E-state index in [2.05, 4.69) is 25.9 Å². The molecule has 120 valence electrons. The first-order valence-corrected chi connectivity index (χ1v) is 7.78. The highest BCUT2D eigenvalue weighted by Crippen LogP contribution is 2.33. The summed E-state index contributed by atoms with van der Waals surface area (Å²) in [5.41, 5.74) is 0.483. The average Bonchev–Trinajstić information content (AvgIpc) is 3.09. The second kappa shape index (κ2) is 6.41. The Morgan fingerprint density at radius 2 is 2.17 bits per heavy atom. The lowest BCUT2D eigenvalue weighted by Gasteiger charge is -2.10. The molecular weight excluding hydrogens is 367 g/mol. The van der Waals surface area contributed by atoms with Gasteiger partial charge in [0, 0.05) is 35.5 Å². The number of aromatic hydroxyl groups is 1. The Labute approximate surface area is 139 Å². The van der Waals surface area contributed by atoms with Gasteiger partial charge >= 0.3 is 5.69 Å². The minimum atomic E-state index is -0.403. The van der Waals surface area contributed by atoms with E-state index in [9.17, 15) is 14.3 Å². The summed E-state index contributed by atoms with van der Waals surface area (Å²) < 4.78 is 17.1. The van der Waals surface area contributed by atoms with Gasteiger partial charge in [0.2, 0.25) is 5.88 Å². The summed E-state index contributed by atoms with van der Waals surface area (Å²) in [4.78, 5) is 18.4. The van der Waals surface area contributed by atoms with Crippen molar-refractivity contribution in [1.29, 1.82) is 0 Å². The van der Waals surface area contributed by atoms with Crippen molar-refractivity contribution >= 4 is 15.9 Å². The molecule has 2 N–H and O–H groups in total. The van der Waals surface area contributed by atoms with Crippen LogP contribution in [-0.2, 0) is 13.1 Å². The summed E-state index contributed by atoms with van der Waals surface area (Å²) in [5.74, 6) is -0.630. The molecule has 6 nitrogen and oxygen atoms in total. The third-order valence-electron chi connectivity index (χ3n) is 3.51. The van der Waals surface area contributed by atoms with Crippen LogP contribution in [0.1, 0.15) is 6.42 Å². The number of imidazole rings is 2. The van der Waals surface area contributed by atoms with Gasteiger partial charge in [0.15, 0.2) is 0 Å². The number of rotatable bonds is 5. The van der Waals surface area contributed by atoms with Gasteiger partial charge in [-0.2, -0.15) is 0 Å². The van der Waals surface area contributed by atoms with Crippen molar-refractivity contribution < 1.29 is 9.50 Å². The Kier molecular flexibility index (Phi) is 4.33. The average molecular weight is 381 g/mol. The van der Waals surface area contributed by atoms with Gasteiger partial charge in [-0.1, -0.05) is 0 Å². The smallest absolute Gasteiger partial charge is 0.328 e. The molecule has 0 aliphatic carbocycles. The Bertz CT molecular complexity index is 870. The van der Waals surface area contributed by atoms with Crippen molar-refractivity contribution in [3.8, 4) is 17.1 Å². The maximum absolute atomic E-state index is 13.3. The molecule has 0 unspecified atom stereocenters. The number of nitrogens with one attached hydrogen (secondary N) is 1. The van der Waals surface area contributed by atoms with Crippen LogP contribution in [0.15, 0.2) is 46.2 Å². The van der Waals surface area contributed by atoms with E-state index < -0.39 is 11.5 Å². The lowest BCUT2D eigenvalue weighted by atomic mass is 10.1. The first-order valence-electron chi connectivity index (χ1n) is 6.99. The van der Waals surface area contributed by atoms with Gasteiger partial charge in [-0.15, -0.1) is 0 Å². The fourth-order valence-electron chi connectivity index (χ4n) is 2.46. The van der Waals surface area contributed by atoms with Crippen LogP contribution in [0.5, 0.6) is 5.88 Å². The molecule has 0 saturated carbocycles. The Balaban J connectivity index is 1.90. The van der Waals surface area contributed by atoms with Crippen LogP contribution in [0.3, 0.4) is 0 Å². The summed E-state index contributed by atoms with van der Waals surface area (Å²) in [6, 6.07) is 4.10. The minimum absolute atomic E-state index is 0.232. The molecular formula is C15H14BrFN4O2. The lowest BCUT2D eigenvalue weighted by molar-refractivity contribution is 0.457. The molecule has 0 atom stereocenters. The number of aromatic nitrogens is 4. The van der Waals surface area contributed by atoms with E-state index in [1.165, 1.54) is 22.8 Å². The fraction of sp³-hybridized carbons (Fsp3) is 0.200. The van der Waals surface area contributed by atoms with E-state index in [1.807, 2.05) is 10.8 Å². The zero-order chi connectivity index (χ0) is 16.4. The maximum atomic E-state index is 13.3. The van der Waals surface area contributed by atoms with E-state index in [1.54, 1.807) is 12.5 Å². The SMILES string of the molecule is O=c1[nH]c(O)c(-c2ccc(F)cc2Br)n1CCCn1ccnc1. The Morgan fingerprint density at radius 1 is 1.35 bits per heavy atom. The molecule has 2 heterocycles. The highest BCUT2D eigenvalue weighted by atomic mass is 79.9. The van der Waals surface area contributed by atoms with Crippen LogP contribution in [0.25, 0.3) is 11.3 Å². The zero-order valence-corrected chi connectivity index (χ0v) is 13.6. The Hall–Kier alpha value is -2.35. The molecule has 0 saturated heterocycles. The molecule has 0 spiro atoms. The highest BCUT2D eigenvalue weighted by molar-refractivity contribution is 9.10. The second-order valence-electron chi connectivity index (χ2n) is 5.06. The number of aryl methyl sites for hydroxylation is 1. The quantitative estimate of drug-likeness (QED) is 0.714. The monoisotopic (exact) mass is 380 g/mol. The molecule has 0 amide bonds. The fourth-order valence-corrected chi connectivity index (χ4v) is 2.99. The molecule has 3 aromatic rings. The van der Waals surface area contributed by atoms with Crippen molar-refractivity contribution in [2.24, 2.45) is 0 Å². The molecule has 1 aromatic carbocycles. The summed E-state index contributed by atoms with van der Waals surface area (Å²) >= 11 is 3.27. The molecule has 3 rings (SSSR count). The van der Waals surface area contributed by atoms with Crippen molar-refractivity contribution in [2.75, 3.05) is 0 Å². The van der Waals surface area contributed by atoms with Gasteiger partial charge in [-0.3, -0.25) is 9.55 Å². The first-order chi connectivity index (χ1) is 11.1. The number of aromatic amines is 1. The van der Waals surface area contributed by atoms with Crippen molar-refractivity contribution in [3.05, 3.63) is 57.7 Å². The molecule has 23 heavy (non-hydrogen) atoms. The van der Waals surface area contributed by atoms with E-state index in [0.29, 0.717) is 35.2 Å². The summed E-state index contributed by atoms with van der Waals surface area (Å²) in [5, 5.41) is 10.0. The van der Waals surface area contributed by atoms with Crippen LogP contribution in [0.4, 0.5) is 4.39 Å². The van der Waals surface area contributed by atoms with Gasteiger partial charge in [0.1, 0.15) is 11.5 Å². The summed E-state index contributed by atoms with van der Waals surface area (Å²) in [7, 11) is 0. The van der Waals surface area contributed by atoms with Crippen LogP contribution in [0, 0.1) is 5.82 Å². The largest absolute Gasteiger partial charge is 0.493 e. The topological polar surface area (TPSA) is 75.8 Å². The first kappa shape index (κ1) is 15.5. The maximum Gasteiger partial charge on any atom is 0.328 e. The van der Waals surface area contributed by atoms with E-state index >= 15 is 0 Å². The second-order valence-corrected chi connectivity index (χ2v) is 5.91. The molecule has 0 fully saturated rings. The van der Waals surface area contributed by atoms with Crippen LogP contribution >= 0.6 is 15.9 Å².